The molecule has 0 atom stereocenters. The van der Waals surface area contributed by atoms with Gasteiger partial charge in [0.15, 0.2) is 16.3 Å². The number of ether oxygens (including phenoxy) is 2. The molecule has 5 nitrogen and oxygen atoms in total. The standard InChI is InChI=1S/C21H24N2O3S/c1-4-12-23-16-13-17(25-2)18(26-3)14-19(16)27-21(23)22-20(24)11-10-15-8-6-5-7-9-15/h5-9,13-14H,4,10-12H2,1-3H3. The third kappa shape index (κ3) is 4.39. The highest BCUT2D eigenvalue weighted by atomic mass is 32.1. The zero-order valence-corrected chi connectivity index (χ0v) is 16.7. The highest BCUT2D eigenvalue weighted by Crippen LogP contribution is 2.33. The maximum Gasteiger partial charge on any atom is 0.248 e. The Labute approximate surface area is 162 Å². The van der Waals surface area contributed by atoms with Gasteiger partial charge in [0.2, 0.25) is 5.91 Å². The quantitative estimate of drug-likeness (QED) is 0.614. The summed E-state index contributed by atoms with van der Waals surface area (Å²) in [7, 11) is 3.24. The van der Waals surface area contributed by atoms with Crippen LogP contribution in [0.4, 0.5) is 0 Å². The van der Waals surface area contributed by atoms with Crippen molar-refractivity contribution in [1.82, 2.24) is 4.57 Å². The second-order valence-corrected chi connectivity index (χ2v) is 7.21. The highest BCUT2D eigenvalue weighted by molar-refractivity contribution is 7.16. The van der Waals surface area contributed by atoms with E-state index in [2.05, 4.69) is 16.5 Å². The Morgan fingerprint density at radius 3 is 2.48 bits per heavy atom. The summed E-state index contributed by atoms with van der Waals surface area (Å²) < 4.78 is 13.9. The number of carbonyl (C=O) groups is 1. The number of hydrogen-bond donors (Lipinski definition) is 0. The molecule has 6 heteroatoms. The predicted octanol–water partition coefficient (Wildman–Crippen LogP) is 4.19. The molecular formula is C21H24N2O3S. The van der Waals surface area contributed by atoms with Crippen LogP contribution in [0.15, 0.2) is 47.5 Å². The first kappa shape index (κ1) is 19.2. The molecule has 0 radical (unpaired) electrons. The number of nitrogens with zero attached hydrogens (tertiary/aromatic N) is 2. The fourth-order valence-electron chi connectivity index (χ4n) is 2.98. The molecule has 1 aromatic heterocycles. The summed E-state index contributed by atoms with van der Waals surface area (Å²) in [6.45, 7) is 2.90. The zero-order valence-electron chi connectivity index (χ0n) is 15.9. The number of thiazole rings is 1. The largest absolute Gasteiger partial charge is 0.493 e. The minimum atomic E-state index is -0.103. The van der Waals surface area contributed by atoms with Crippen molar-refractivity contribution in [2.24, 2.45) is 4.99 Å². The molecular weight excluding hydrogens is 360 g/mol. The Kier molecular flexibility index (Phi) is 6.29. The molecule has 0 spiro atoms. The van der Waals surface area contributed by atoms with E-state index in [4.69, 9.17) is 9.47 Å². The molecule has 0 N–H and O–H groups in total. The molecule has 27 heavy (non-hydrogen) atoms. The Balaban J connectivity index is 1.95. The number of benzene rings is 2. The van der Waals surface area contributed by atoms with E-state index < -0.39 is 0 Å². The van der Waals surface area contributed by atoms with Gasteiger partial charge in [0, 0.05) is 25.1 Å². The van der Waals surface area contributed by atoms with E-state index in [1.807, 2.05) is 42.5 Å². The monoisotopic (exact) mass is 384 g/mol. The van der Waals surface area contributed by atoms with Crippen molar-refractivity contribution < 1.29 is 14.3 Å². The summed E-state index contributed by atoms with van der Waals surface area (Å²) in [6.07, 6.45) is 2.05. The molecule has 2 aromatic carbocycles. The van der Waals surface area contributed by atoms with Crippen LogP contribution in [-0.4, -0.2) is 24.7 Å². The van der Waals surface area contributed by atoms with E-state index in [9.17, 15) is 4.79 Å². The molecule has 3 aromatic rings. The number of amides is 1. The maximum absolute atomic E-state index is 12.4. The first-order valence-corrected chi connectivity index (χ1v) is 9.84. The van der Waals surface area contributed by atoms with Crippen molar-refractivity contribution in [1.29, 1.82) is 0 Å². The van der Waals surface area contributed by atoms with E-state index in [-0.39, 0.29) is 5.91 Å². The molecule has 0 aliphatic carbocycles. The molecule has 0 fully saturated rings. The normalized spacial score (nSPS) is 11.7. The van der Waals surface area contributed by atoms with E-state index in [1.165, 1.54) is 11.3 Å². The van der Waals surface area contributed by atoms with Gasteiger partial charge in [-0.15, -0.1) is 0 Å². The van der Waals surface area contributed by atoms with E-state index >= 15 is 0 Å². The maximum atomic E-state index is 12.4. The van der Waals surface area contributed by atoms with Crippen LogP contribution in [0, 0.1) is 0 Å². The summed E-state index contributed by atoms with van der Waals surface area (Å²) in [5, 5.41) is 0. The number of aryl methyl sites for hydroxylation is 2. The summed E-state index contributed by atoms with van der Waals surface area (Å²) in [4.78, 5) is 17.6. The van der Waals surface area contributed by atoms with Gasteiger partial charge in [-0.05, 0) is 18.4 Å². The van der Waals surface area contributed by atoms with Crippen LogP contribution in [0.1, 0.15) is 25.3 Å². The van der Waals surface area contributed by atoms with Gasteiger partial charge >= 0.3 is 0 Å². The molecule has 1 heterocycles. The van der Waals surface area contributed by atoms with Gasteiger partial charge in [-0.1, -0.05) is 48.6 Å². The first-order valence-electron chi connectivity index (χ1n) is 9.03. The number of fused-ring (bicyclic) bond motifs is 1. The number of carbonyl (C=O) groups excluding carboxylic acids is 1. The second-order valence-electron chi connectivity index (χ2n) is 6.20. The van der Waals surface area contributed by atoms with Gasteiger partial charge in [-0.25, -0.2) is 0 Å². The molecule has 0 aliphatic heterocycles. The molecule has 0 saturated heterocycles. The van der Waals surface area contributed by atoms with Gasteiger partial charge in [0.25, 0.3) is 0 Å². The Morgan fingerprint density at radius 1 is 1.11 bits per heavy atom. The Hall–Kier alpha value is -2.60. The lowest BCUT2D eigenvalue weighted by Crippen LogP contribution is -2.17. The van der Waals surface area contributed by atoms with Crippen LogP contribution in [-0.2, 0) is 17.8 Å². The Bertz CT molecular complexity index is 990. The van der Waals surface area contributed by atoms with Crippen LogP contribution < -0.4 is 14.3 Å². The van der Waals surface area contributed by atoms with Gasteiger partial charge < -0.3 is 14.0 Å². The van der Waals surface area contributed by atoms with Crippen molar-refractivity contribution in [2.75, 3.05) is 14.2 Å². The fourth-order valence-corrected chi connectivity index (χ4v) is 4.06. The van der Waals surface area contributed by atoms with Gasteiger partial charge in [0.1, 0.15) is 0 Å². The van der Waals surface area contributed by atoms with Crippen LogP contribution in [0.5, 0.6) is 11.5 Å². The molecule has 3 rings (SSSR count). The average molecular weight is 385 g/mol. The van der Waals surface area contributed by atoms with Crippen LogP contribution in [0.25, 0.3) is 10.2 Å². The number of hydrogen-bond acceptors (Lipinski definition) is 4. The van der Waals surface area contributed by atoms with E-state index in [0.29, 0.717) is 24.3 Å². The Morgan fingerprint density at radius 2 is 1.81 bits per heavy atom. The zero-order chi connectivity index (χ0) is 19.2. The first-order chi connectivity index (χ1) is 13.2. The van der Waals surface area contributed by atoms with Gasteiger partial charge in [-0.2, -0.15) is 4.99 Å². The van der Waals surface area contributed by atoms with Gasteiger partial charge in [-0.3, -0.25) is 4.79 Å². The van der Waals surface area contributed by atoms with Crippen molar-refractivity contribution >= 4 is 27.5 Å². The van der Waals surface area contributed by atoms with Crippen LogP contribution in [0.3, 0.4) is 0 Å². The topological polar surface area (TPSA) is 52.8 Å². The highest BCUT2D eigenvalue weighted by Gasteiger charge is 2.13. The molecule has 0 bridgehead atoms. The number of methoxy groups -OCH3 is 2. The summed E-state index contributed by atoms with van der Waals surface area (Å²) in [5.41, 5.74) is 2.16. The molecule has 0 saturated carbocycles. The third-order valence-electron chi connectivity index (χ3n) is 4.33. The summed E-state index contributed by atoms with van der Waals surface area (Å²) in [6, 6.07) is 13.9. The van der Waals surface area contributed by atoms with E-state index in [0.717, 1.165) is 33.5 Å². The second kappa shape index (κ2) is 8.86. The molecule has 0 unspecified atom stereocenters. The van der Waals surface area contributed by atoms with Gasteiger partial charge in [0.05, 0.1) is 24.4 Å². The SMILES string of the molecule is CCCn1c(=NC(=O)CCc2ccccc2)sc2cc(OC)c(OC)cc21. The fraction of sp³-hybridized carbons (Fsp3) is 0.333. The summed E-state index contributed by atoms with van der Waals surface area (Å²) in [5.74, 6) is 1.25. The smallest absolute Gasteiger partial charge is 0.248 e. The molecule has 0 aliphatic rings. The third-order valence-corrected chi connectivity index (χ3v) is 5.37. The summed E-state index contributed by atoms with van der Waals surface area (Å²) >= 11 is 1.50. The van der Waals surface area contributed by atoms with Crippen LogP contribution >= 0.6 is 11.3 Å². The lowest BCUT2D eigenvalue weighted by atomic mass is 10.1. The van der Waals surface area contributed by atoms with Crippen molar-refractivity contribution in [3.8, 4) is 11.5 Å². The van der Waals surface area contributed by atoms with Crippen molar-refractivity contribution in [2.45, 2.75) is 32.7 Å². The van der Waals surface area contributed by atoms with Crippen molar-refractivity contribution in [3.63, 3.8) is 0 Å². The average Bonchev–Trinajstić information content (AvgIpc) is 3.02. The van der Waals surface area contributed by atoms with Crippen molar-refractivity contribution in [3.05, 3.63) is 52.8 Å². The lowest BCUT2D eigenvalue weighted by molar-refractivity contribution is -0.118. The lowest BCUT2D eigenvalue weighted by Gasteiger charge is -2.08. The van der Waals surface area contributed by atoms with Crippen LogP contribution in [0.2, 0.25) is 0 Å². The van der Waals surface area contributed by atoms with E-state index in [1.54, 1.807) is 14.2 Å². The molecule has 142 valence electrons. The number of aromatic nitrogens is 1. The predicted molar refractivity (Wildman–Crippen MR) is 109 cm³/mol. The minimum absolute atomic E-state index is 0.103. The molecule has 1 amide bonds. The number of rotatable bonds is 7. The minimum Gasteiger partial charge on any atom is -0.493 e.